The van der Waals surface area contributed by atoms with Gasteiger partial charge in [0.05, 0.1) is 6.61 Å². The van der Waals surface area contributed by atoms with Crippen LogP contribution in [0.4, 0.5) is 0 Å². The summed E-state index contributed by atoms with van der Waals surface area (Å²) in [6, 6.07) is 0. The molecule has 3 nitrogen and oxygen atoms in total. The number of amides is 1. The summed E-state index contributed by atoms with van der Waals surface area (Å²) < 4.78 is 5.19. The van der Waals surface area contributed by atoms with Crippen molar-refractivity contribution in [3.8, 4) is 0 Å². The largest absolute Gasteiger partial charge is 0.381 e. The van der Waals surface area contributed by atoms with Crippen LogP contribution in [0.1, 0.15) is 33.1 Å². The topological polar surface area (TPSA) is 52.3 Å². The lowest BCUT2D eigenvalue weighted by molar-refractivity contribution is -0.119. The first kappa shape index (κ1) is 11.4. The lowest BCUT2D eigenvalue weighted by atomic mass is 10.1. The van der Waals surface area contributed by atoms with Gasteiger partial charge < -0.3 is 10.5 Å². The second-order valence-corrected chi connectivity index (χ2v) is 3.36. The minimum atomic E-state index is -0.293. The fourth-order valence-electron chi connectivity index (χ4n) is 0.868. The first-order valence-corrected chi connectivity index (χ1v) is 4.49. The molecule has 0 atom stereocenters. The molecule has 1 amide bonds. The number of carbonyl (C=O) groups excluding carboxylic acids is 1. The Kier molecular flexibility index (Phi) is 6.76. The van der Waals surface area contributed by atoms with Crippen LogP contribution in [0.25, 0.3) is 0 Å². The van der Waals surface area contributed by atoms with Gasteiger partial charge >= 0.3 is 0 Å². The Morgan fingerprint density at radius 2 is 2.08 bits per heavy atom. The van der Waals surface area contributed by atoms with Crippen LogP contribution in [-0.2, 0) is 9.53 Å². The maximum Gasteiger partial charge on any atom is 0.219 e. The van der Waals surface area contributed by atoms with E-state index in [0.717, 1.165) is 18.9 Å². The maximum atomic E-state index is 10.3. The molecule has 0 aromatic carbocycles. The Bertz CT molecular complexity index is 124. The van der Waals surface area contributed by atoms with Crippen molar-refractivity contribution < 1.29 is 9.53 Å². The average molecular weight is 173 g/mol. The molecule has 0 unspecified atom stereocenters. The number of hydrogen-bond acceptors (Lipinski definition) is 2. The molecule has 2 N–H and O–H groups in total. The standard InChI is InChI=1S/C9H19NO2/c1-8(2)4-3-6-12-7-5-9(10)11/h8H,3-7H2,1-2H3,(H2,10,11). The predicted octanol–water partition coefficient (Wildman–Crippen LogP) is 1.31. The van der Waals surface area contributed by atoms with Crippen molar-refractivity contribution in [2.45, 2.75) is 33.1 Å². The van der Waals surface area contributed by atoms with E-state index >= 15 is 0 Å². The highest BCUT2D eigenvalue weighted by Gasteiger charge is 1.95. The van der Waals surface area contributed by atoms with Crippen molar-refractivity contribution in [2.24, 2.45) is 11.7 Å². The van der Waals surface area contributed by atoms with Crippen LogP contribution >= 0.6 is 0 Å². The molecule has 0 saturated heterocycles. The zero-order valence-corrected chi connectivity index (χ0v) is 8.01. The number of primary amides is 1. The Morgan fingerprint density at radius 3 is 2.58 bits per heavy atom. The summed E-state index contributed by atoms with van der Waals surface area (Å²) in [6.45, 7) is 5.58. The van der Waals surface area contributed by atoms with Gasteiger partial charge in [-0.1, -0.05) is 13.8 Å². The monoisotopic (exact) mass is 173 g/mol. The summed E-state index contributed by atoms with van der Waals surface area (Å²) in [5, 5.41) is 0. The summed E-state index contributed by atoms with van der Waals surface area (Å²) >= 11 is 0. The normalized spacial score (nSPS) is 10.6. The minimum absolute atomic E-state index is 0.293. The van der Waals surface area contributed by atoms with E-state index in [1.54, 1.807) is 0 Å². The Morgan fingerprint density at radius 1 is 1.42 bits per heavy atom. The van der Waals surface area contributed by atoms with Crippen molar-refractivity contribution in [3.63, 3.8) is 0 Å². The molecule has 0 aliphatic rings. The van der Waals surface area contributed by atoms with Crippen LogP contribution in [0.15, 0.2) is 0 Å². The lowest BCUT2D eigenvalue weighted by Crippen LogP contribution is -2.13. The fourth-order valence-corrected chi connectivity index (χ4v) is 0.868. The highest BCUT2D eigenvalue weighted by molar-refractivity contribution is 5.73. The second-order valence-electron chi connectivity index (χ2n) is 3.36. The van der Waals surface area contributed by atoms with E-state index in [-0.39, 0.29) is 5.91 Å². The molecule has 0 fully saturated rings. The summed E-state index contributed by atoms with van der Waals surface area (Å²) in [7, 11) is 0. The van der Waals surface area contributed by atoms with Gasteiger partial charge in [-0.3, -0.25) is 4.79 Å². The minimum Gasteiger partial charge on any atom is -0.381 e. The molecule has 0 aliphatic carbocycles. The van der Waals surface area contributed by atoms with E-state index in [9.17, 15) is 4.79 Å². The first-order valence-electron chi connectivity index (χ1n) is 4.49. The zero-order chi connectivity index (χ0) is 9.40. The van der Waals surface area contributed by atoms with Gasteiger partial charge in [0.15, 0.2) is 0 Å². The van der Waals surface area contributed by atoms with E-state index in [1.807, 2.05) is 0 Å². The van der Waals surface area contributed by atoms with Gasteiger partial charge in [-0.15, -0.1) is 0 Å². The highest BCUT2D eigenvalue weighted by Crippen LogP contribution is 2.02. The van der Waals surface area contributed by atoms with Crippen LogP contribution in [-0.4, -0.2) is 19.1 Å². The molecule has 12 heavy (non-hydrogen) atoms. The third-order valence-electron chi connectivity index (χ3n) is 1.56. The van der Waals surface area contributed by atoms with Gasteiger partial charge in [-0.2, -0.15) is 0 Å². The third kappa shape index (κ3) is 9.43. The Labute approximate surface area is 74.3 Å². The van der Waals surface area contributed by atoms with E-state index in [0.29, 0.717) is 13.0 Å². The van der Waals surface area contributed by atoms with E-state index in [4.69, 9.17) is 10.5 Å². The molecule has 0 bridgehead atoms. The molecular weight excluding hydrogens is 154 g/mol. The van der Waals surface area contributed by atoms with Crippen molar-refractivity contribution in [3.05, 3.63) is 0 Å². The molecule has 0 spiro atoms. The SMILES string of the molecule is CC(C)CCCOCCC(N)=O. The molecule has 0 aromatic rings. The molecule has 0 radical (unpaired) electrons. The van der Waals surface area contributed by atoms with Crippen LogP contribution in [0.5, 0.6) is 0 Å². The molecule has 0 aromatic heterocycles. The highest BCUT2D eigenvalue weighted by atomic mass is 16.5. The average Bonchev–Trinajstić information content (AvgIpc) is 1.95. The summed E-state index contributed by atoms with van der Waals surface area (Å²) in [6.07, 6.45) is 2.58. The first-order chi connectivity index (χ1) is 5.63. The predicted molar refractivity (Wildman–Crippen MR) is 48.7 cm³/mol. The fraction of sp³-hybridized carbons (Fsp3) is 0.889. The maximum absolute atomic E-state index is 10.3. The molecule has 0 rings (SSSR count). The number of rotatable bonds is 7. The summed E-state index contributed by atoms with van der Waals surface area (Å²) in [4.78, 5) is 10.3. The molecule has 3 heteroatoms. The number of ether oxygens (including phenoxy) is 1. The van der Waals surface area contributed by atoms with Gasteiger partial charge in [0.25, 0.3) is 0 Å². The smallest absolute Gasteiger partial charge is 0.219 e. The van der Waals surface area contributed by atoms with E-state index in [1.165, 1.54) is 6.42 Å². The summed E-state index contributed by atoms with van der Waals surface area (Å²) in [5.41, 5.74) is 4.94. The lowest BCUT2D eigenvalue weighted by Gasteiger charge is -2.04. The summed E-state index contributed by atoms with van der Waals surface area (Å²) in [5.74, 6) is 0.434. The molecule has 0 heterocycles. The molecule has 72 valence electrons. The van der Waals surface area contributed by atoms with Gasteiger partial charge in [0, 0.05) is 13.0 Å². The number of nitrogens with two attached hydrogens (primary N) is 1. The molecule has 0 aliphatic heterocycles. The van der Waals surface area contributed by atoms with E-state index < -0.39 is 0 Å². The Hall–Kier alpha value is -0.570. The van der Waals surface area contributed by atoms with E-state index in [2.05, 4.69) is 13.8 Å². The van der Waals surface area contributed by atoms with Gasteiger partial charge in [-0.05, 0) is 18.8 Å². The number of carbonyl (C=O) groups is 1. The van der Waals surface area contributed by atoms with Crippen LogP contribution in [0.2, 0.25) is 0 Å². The quantitative estimate of drug-likeness (QED) is 0.590. The third-order valence-corrected chi connectivity index (χ3v) is 1.56. The van der Waals surface area contributed by atoms with Gasteiger partial charge in [0.1, 0.15) is 0 Å². The van der Waals surface area contributed by atoms with Crippen molar-refractivity contribution in [1.82, 2.24) is 0 Å². The van der Waals surface area contributed by atoms with Gasteiger partial charge in [-0.25, -0.2) is 0 Å². The van der Waals surface area contributed by atoms with Gasteiger partial charge in [0.2, 0.25) is 5.91 Å². The van der Waals surface area contributed by atoms with Crippen LogP contribution in [0.3, 0.4) is 0 Å². The van der Waals surface area contributed by atoms with Crippen molar-refractivity contribution >= 4 is 5.91 Å². The van der Waals surface area contributed by atoms with Crippen molar-refractivity contribution in [2.75, 3.05) is 13.2 Å². The van der Waals surface area contributed by atoms with Crippen LogP contribution < -0.4 is 5.73 Å². The molecular formula is C9H19NO2. The zero-order valence-electron chi connectivity index (χ0n) is 8.01. The molecule has 0 saturated carbocycles. The van der Waals surface area contributed by atoms with Crippen molar-refractivity contribution in [1.29, 1.82) is 0 Å². The second kappa shape index (κ2) is 7.10. The number of hydrogen-bond donors (Lipinski definition) is 1. The Balaban J connectivity index is 2.96. The van der Waals surface area contributed by atoms with Crippen LogP contribution in [0, 0.1) is 5.92 Å².